The number of ketones is 1. The number of carbonyl (C=O) groups is 1. The van der Waals surface area contributed by atoms with Crippen molar-refractivity contribution in [3.63, 3.8) is 0 Å². The Morgan fingerprint density at radius 2 is 1.70 bits per heavy atom. The van der Waals surface area contributed by atoms with E-state index in [0.29, 0.717) is 0 Å². The number of hydrogen-bond acceptors (Lipinski definition) is 1. The molecule has 0 unspecified atom stereocenters. The van der Waals surface area contributed by atoms with Gasteiger partial charge < -0.3 is 0 Å². The van der Waals surface area contributed by atoms with Crippen LogP contribution in [0.5, 0.6) is 0 Å². The average molecular weight is 268 g/mol. The van der Waals surface area contributed by atoms with E-state index >= 15 is 0 Å². The molecule has 0 aliphatic heterocycles. The molecule has 0 amide bonds. The van der Waals surface area contributed by atoms with E-state index in [1.165, 1.54) is 48.4 Å². The fraction of sp³-hybridized carbons (Fsp3) is 0.421. The van der Waals surface area contributed by atoms with Crippen molar-refractivity contribution in [2.24, 2.45) is 0 Å². The molecule has 2 aromatic rings. The molecule has 0 aromatic heterocycles. The number of fused-ring (bicyclic) bond motifs is 1. The molecule has 0 aliphatic rings. The Morgan fingerprint density at radius 3 is 2.45 bits per heavy atom. The van der Waals surface area contributed by atoms with Gasteiger partial charge in [-0.2, -0.15) is 0 Å². The third kappa shape index (κ3) is 3.47. The molecule has 0 saturated heterocycles. The van der Waals surface area contributed by atoms with Crippen molar-refractivity contribution in [3.05, 3.63) is 47.5 Å². The van der Waals surface area contributed by atoms with Crippen LogP contribution >= 0.6 is 0 Å². The highest BCUT2D eigenvalue weighted by Crippen LogP contribution is 2.25. The predicted molar refractivity (Wildman–Crippen MR) is 86.4 cm³/mol. The molecule has 0 N–H and O–H groups in total. The minimum Gasteiger partial charge on any atom is -0.295 e. The highest BCUT2D eigenvalue weighted by Gasteiger charge is 2.10. The maximum atomic E-state index is 11.8. The van der Waals surface area contributed by atoms with E-state index in [9.17, 15) is 4.79 Å². The van der Waals surface area contributed by atoms with Crippen LogP contribution in [0.25, 0.3) is 10.8 Å². The van der Waals surface area contributed by atoms with E-state index in [-0.39, 0.29) is 5.78 Å². The van der Waals surface area contributed by atoms with Gasteiger partial charge in [0.25, 0.3) is 0 Å². The van der Waals surface area contributed by atoms with Crippen molar-refractivity contribution < 1.29 is 4.79 Å². The van der Waals surface area contributed by atoms with Gasteiger partial charge in [0.1, 0.15) is 0 Å². The first-order valence-corrected chi connectivity index (χ1v) is 7.75. The Kier molecular flexibility index (Phi) is 5.34. The second-order valence-corrected chi connectivity index (χ2v) is 5.53. The summed E-state index contributed by atoms with van der Waals surface area (Å²) in [7, 11) is 0. The molecule has 2 rings (SSSR count). The molecule has 0 heterocycles. The number of unbranched alkanes of at least 4 members (excludes halogenated alkanes) is 4. The van der Waals surface area contributed by atoms with E-state index in [2.05, 4.69) is 37.3 Å². The number of carbonyl (C=O) groups excluding carboxylic acids is 1. The second kappa shape index (κ2) is 7.23. The van der Waals surface area contributed by atoms with Crippen LogP contribution in [0.15, 0.2) is 36.4 Å². The molecule has 2 aromatic carbocycles. The molecule has 0 atom stereocenters. The van der Waals surface area contributed by atoms with E-state index in [4.69, 9.17) is 0 Å². The molecular weight excluding hydrogens is 244 g/mol. The third-order valence-electron chi connectivity index (χ3n) is 3.95. The van der Waals surface area contributed by atoms with Crippen molar-refractivity contribution in [2.75, 3.05) is 0 Å². The summed E-state index contributed by atoms with van der Waals surface area (Å²) >= 11 is 0. The lowest BCUT2D eigenvalue weighted by Crippen LogP contribution is -2.01. The molecule has 0 bridgehead atoms. The summed E-state index contributed by atoms with van der Waals surface area (Å²) in [6.45, 7) is 3.91. The summed E-state index contributed by atoms with van der Waals surface area (Å²) in [6, 6.07) is 12.4. The van der Waals surface area contributed by atoms with E-state index in [1.807, 2.05) is 6.07 Å². The van der Waals surface area contributed by atoms with Crippen LogP contribution in [0.3, 0.4) is 0 Å². The summed E-state index contributed by atoms with van der Waals surface area (Å²) in [5, 5.41) is 2.48. The van der Waals surface area contributed by atoms with Crippen LogP contribution in [0.2, 0.25) is 0 Å². The maximum absolute atomic E-state index is 11.8. The minimum atomic E-state index is 0.180. The summed E-state index contributed by atoms with van der Waals surface area (Å²) in [4.78, 5) is 11.8. The zero-order valence-electron chi connectivity index (χ0n) is 12.6. The first-order chi connectivity index (χ1) is 9.74. The van der Waals surface area contributed by atoms with Gasteiger partial charge in [0.2, 0.25) is 0 Å². The first-order valence-electron chi connectivity index (χ1n) is 7.75. The molecule has 0 fully saturated rings. The number of aryl methyl sites for hydroxylation is 1. The molecule has 1 nitrogen and oxygen atoms in total. The maximum Gasteiger partial charge on any atom is 0.160 e. The van der Waals surface area contributed by atoms with Gasteiger partial charge in [-0.25, -0.2) is 0 Å². The molecule has 106 valence electrons. The van der Waals surface area contributed by atoms with Gasteiger partial charge in [-0.1, -0.05) is 69.0 Å². The summed E-state index contributed by atoms with van der Waals surface area (Å²) in [6.07, 6.45) is 7.33. The lowest BCUT2D eigenvalue weighted by atomic mass is 9.93. The second-order valence-electron chi connectivity index (χ2n) is 5.53. The lowest BCUT2D eigenvalue weighted by molar-refractivity contribution is 0.101. The van der Waals surface area contributed by atoms with Crippen molar-refractivity contribution >= 4 is 16.6 Å². The zero-order valence-corrected chi connectivity index (χ0v) is 12.6. The smallest absolute Gasteiger partial charge is 0.160 e. The molecule has 0 radical (unpaired) electrons. The fourth-order valence-electron chi connectivity index (χ4n) is 2.84. The van der Waals surface area contributed by atoms with Gasteiger partial charge in [0, 0.05) is 5.56 Å². The summed E-state index contributed by atoms with van der Waals surface area (Å²) in [5.41, 5.74) is 2.14. The third-order valence-corrected chi connectivity index (χ3v) is 3.95. The van der Waals surface area contributed by atoms with Crippen molar-refractivity contribution in [3.8, 4) is 0 Å². The zero-order chi connectivity index (χ0) is 14.4. The highest BCUT2D eigenvalue weighted by molar-refractivity contribution is 6.01. The molecule has 0 saturated carbocycles. The molecule has 1 heteroatoms. The van der Waals surface area contributed by atoms with Gasteiger partial charge in [-0.05, 0) is 36.1 Å². The Hall–Kier alpha value is -1.63. The van der Waals surface area contributed by atoms with Crippen LogP contribution in [-0.4, -0.2) is 5.78 Å². The molecule has 0 aliphatic carbocycles. The van der Waals surface area contributed by atoms with Gasteiger partial charge in [-0.3, -0.25) is 4.79 Å². The summed E-state index contributed by atoms with van der Waals surface area (Å²) in [5.74, 6) is 0.180. The first kappa shape index (κ1) is 14.8. The number of rotatable bonds is 7. The summed E-state index contributed by atoms with van der Waals surface area (Å²) < 4.78 is 0. The topological polar surface area (TPSA) is 17.1 Å². The van der Waals surface area contributed by atoms with E-state index in [0.717, 1.165) is 12.0 Å². The standard InChI is InChI=1S/C19H24O/c1-3-4-5-6-7-12-19-17(15(2)20)14-13-16-10-8-9-11-18(16)19/h8-11,13-14H,3-7,12H2,1-2H3. The van der Waals surface area contributed by atoms with Crippen LogP contribution in [0.1, 0.15) is 61.9 Å². The lowest BCUT2D eigenvalue weighted by Gasteiger charge is -2.11. The monoisotopic (exact) mass is 268 g/mol. The number of hydrogen-bond donors (Lipinski definition) is 0. The SMILES string of the molecule is CCCCCCCc1c(C(C)=O)ccc2ccccc12. The quantitative estimate of drug-likeness (QED) is 0.475. The van der Waals surface area contributed by atoms with Crippen molar-refractivity contribution in [1.29, 1.82) is 0 Å². The molecular formula is C19H24O. The van der Waals surface area contributed by atoms with Crippen molar-refractivity contribution in [1.82, 2.24) is 0 Å². The van der Waals surface area contributed by atoms with E-state index < -0.39 is 0 Å². The van der Waals surface area contributed by atoms with Crippen LogP contribution in [-0.2, 0) is 6.42 Å². The average Bonchev–Trinajstić information content (AvgIpc) is 2.46. The molecule has 0 spiro atoms. The van der Waals surface area contributed by atoms with Crippen LogP contribution < -0.4 is 0 Å². The predicted octanol–water partition coefficient (Wildman–Crippen LogP) is 5.56. The van der Waals surface area contributed by atoms with Gasteiger partial charge in [-0.15, -0.1) is 0 Å². The van der Waals surface area contributed by atoms with Gasteiger partial charge in [0.05, 0.1) is 0 Å². The Labute approximate surface area is 122 Å². The number of benzene rings is 2. The fourth-order valence-corrected chi connectivity index (χ4v) is 2.84. The number of Topliss-reactive ketones (excluding diaryl/α,β-unsaturated/α-hetero) is 1. The molecule has 20 heavy (non-hydrogen) atoms. The normalized spacial score (nSPS) is 10.9. The van der Waals surface area contributed by atoms with Crippen LogP contribution in [0, 0.1) is 0 Å². The minimum absolute atomic E-state index is 0.180. The largest absolute Gasteiger partial charge is 0.295 e. The Morgan fingerprint density at radius 1 is 0.950 bits per heavy atom. The highest BCUT2D eigenvalue weighted by atomic mass is 16.1. The van der Waals surface area contributed by atoms with Crippen molar-refractivity contribution in [2.45, 2.75) is 52.4 Å². The van der Waals surface area contributed by atoms with Crippen LogP contribution in [0.4, 0.5) is 0 Å². The Balaban J connectivity index is 2.23. The van der Waals surface area contributed by atoms with Gasteiger partial charge >= 0.3 is 0 Å². The van der Waals surface area contributed by atoms with E-state index in [1.54, 1.807) is 6.92 Å². The Bertz CT molecular complexity index is 583. The van der Waals surface area contributed by atoms with Gasteiger partial charge in [0.15, 0.2) is 5.78 Å².